The van der Waals surface area contributed by atoms with Crippen molar-refractivity contribution in [2.24, 2.45) is 0 Å². The van der Waals surface area contributed by atoms with Crippen LogP contribution in [0.5, 0.6) is 0 Å². The van der Waals surface area contributed by atoms with E-state index in [4.69, 9.17) is 11.6 Å². The van der Waals surface area contributed by atoms with Gasteiger partial charge in [-0.05, 0) is 30.3 Å². The van der Waals surface area contributed by atoms with Crippen molar-refractivity contribution in [3.8, 4) is 0 Å². The molecule has 2 amide bonds. The Morgan fingerprint density at radius 3 is 2.35 bits per heavy atom. The van der Waals surface area contributed by atoms with E-state index in [-0.39, 0.29) is 17.4 Å². The summed E-state index contributed by atoms with van der Waals surface area (Å²) in [5, 5.41) is 3.15. The summed E-state index contributed by atoms with van der Waals surface area (Å²) in [5.74, 6) is -0.640. The van der Waals surface area contributed by atoms with Gasteiger partial charge in [-0.15, -0.1) is 0 Å². The van der Waals surface area contributed by atoms with Crippen LogP contribution in [0.1, 0.15) is 20.7 Å². The number of nitrogens with zero attached hydrogens (tertiary/aromatic N) is 2. The monoisotopic (exact) mass is 365 g/mol. The molecule has 0 aliphatic rings. The fourth-order valence-electron chi connectivity index (χ4n) is 2.40. The maximum Gasteiger partial charge on any atom is 0.259 e. The van der Waals surface area contributed by atoms with Gasteiger partial charge in [0.05, 0.1) is 21.8 Å². The molecule has 26 heavy (non-hydrogen) atoms. The smallest absolute Gasteiger partial charge is 0.259 e. The Kier molecular flexibility index (Phi) is 5.29. The lowest BCUT2D eigenvalue weighted by Crippen LogP contribution is -2.26. The largest absolute Gasteiger partial charge is 0.321 e. The van der Waals surface area contributed by atoms with E-state index in [1.807, 2.05) is 30.3 Å². The summed E-state index contributed by atoms with van der Waals surface area (Å²) >= 11 is 6.06. The number of aromatic nitrogens is 1. The molecule has 1 heterocycles. The molecule has 0 unspecified atom stereocenters. The summed E-state index contributed by atoms with van der Waals surface area (Å²) < 4.78 is 0. The van der Waals surface area contributed by atoms with E-state index < -0.39 is 0 Å². The molecule has 0 radical (unpaired) electrons. The minimum absolute atomic E-state index is 0.254. The van der Waals surface area contributed by atoms with Gasteiger partial charge >= 0.3 is 0 Å². The summed E-state index contributed by atoms with van der Waals surface area (Å²) in [6, 6.07) is 17.7. The molecule has 130 valence electrons. The predicted molar refractivity (Wildman–Crippen MR) is 103 cm³/mol. The second kappa shape index (κ2) is 7.80. The summed E-state index contributed by atoms with van der Waals surface area (Å²) in [6.07, 6.45) is 2.85. The van der Waals surface area contributed by atoms with Crippen LogP contribution in [0.25, 0.3) is 0 Å². The minimum atomic E-state index is -0.386. The molecule has 0 saturated carbocycles. The molecule has 0 aliphatic carbocycles. The highest BCUT2D eigenvalue weighted by Gasteiger charge is 2.16. The van der Waals surface area contributed by atoms with E-state index >= 15 is 0 Å². The van der Waals surface area contributed by atoms with Crippen molar-refractivity contribution in [3.05, 3.63) is 89.2 Å². The molecule has 0 bridgehead atoms. The lowest BCUT2D eigenvalue weighted by molar-refractivity contribution is 0.0992. The van der Waals surface area contributed by atoms with Gasteiger partial charge < -0.3 is 10.2 Å². The molecule has 0 spiro atoms. The molecule has 0 saturated heterocycles. The van der Waals surface area contributed by atoms with E-state index in [0.29, 0.717) is 16.3 Å². The standard InChI is InChI=1S/C20H16ClN3O2/c1-24(16-7-3-2-4-8-16)20(26)15-11-14(12-22-13-15)19(25)23-18-10-6-5-9-17(18)21/h2-13H,1H3,(H,23,25). The van der Waals surface area contributed by atoms with Gasteiger partial charge in [-0.2, -0.15) is 0 Å². The number of hydrogen-bond acceptors (Lipinski definition) is 3. The lowest BCUT2D eigenvalue weighted by atomic mass is 10.1. The summed E-state index contributed by atoms with van der Waals surface area (Å²) in [7, 11) is 1.67. The van der Waals surface area contributed by atoms with Crippen LogP contribution in [0, 0.1) is 0 Å². The fraction of sp³-hybridized carbons (Fsp3) is 0.0500. The van der Waals surface area contributed by atoms with Gasteiger partial charge in [0.15, 0.2) is 0 Å². The summed E-state index contributed by atoms with van der Waals surface area (Å²) in [4.78, 5) is 30.6. The molecule has 3 rings (SSSR count). The highest BCUT2D eigenvalue weighted by molar-refractivity contribution is 6.33. The van der Waals surface area contributed by atoms with Crippen molar-refractivity contribution >= 4 is 34.8 Å². The molecule has 0 atom stereocenters. The van der Waals surface area contributed by atoms with Crippen LogP contribution in [-0.2, 0) is 0 Å². The fourth-order valence-corrected chi connectivity index (χ4v) is 2.58. The van der Waals surface area contributed by atoms with Crippen molar-refractivity contribution < 1.29 is 9.59 Å². The van der Waals surface area contributed by atoms with Gasteiger partial charge in [-0.1, -0.05) is 41.9 Å². The van der Waals surface area contributed by atoms with Crippen molar-refractivity contribution in [2.75, 3.05) is 17.3 Å². The highest BCUT2D eigenvalue weighted by Crippen LogP contribution is 2.21. The Hall–Kier alpha value is -3.18. The molecule has 0 aliphatic heterocycles. The van der Waals surface area contributed by atoms with E-state index in [2.05, 4.69) is 10.3 Å². The normalized spacial score (nSPS) is 10.2. The van der Waals surface area contributed by atoms with Crippen LogP contribution in [0.3, 0.4) is 0 Å². The van der Waals surface area contributed by atoms with E-state index in [9.17, 15) is 9.59 Å². The van der Waals surface area contributed by atoms with Gasteiger partial charge in [0.1, 0.15) is 0 Å². The number of rotatable bonds is 4. The van der Waals surface area contributed by atoms with Crippen LogP contribution in [-0.4, -0.2) is 23.8 Å². The Labute approximate surface area is 156 Å². The number of anilines is 2. The van der Waals surface area contributed by atoms with Gasteiger partial charge in [0.2, 0.25) is 0 Å². The number of para-hydroxylation sites is 2. The third-order valence-electron chi connectivity index (χ3n) is 3.82. The highest BCUT2D eigenvalue weighted by atomic mass is 35.5. The Balaban J connectivity index is 1.80. The number of hydrogen-bond donors (Lipinski definition) is 1. The first-order chi connectivity index (χ1) is 12.6. The summed E-state index contributed by atoms with van der Waals surface area (Å²) in [5.41, 5.74) is 1.85. The topological polar surface area (TPSA) is 62.3 Å². The van der Waals surface area contributed by atoms with Gasteiger partial charge in [-0.3, -0.25) is 14.6 Å². The predicted octanol–water partition coefficient (Wildman–Crippen LogP) is 4.26. The van der Waals surface area contributed by atoms with Crippen LogP contribution in [0.2, 0.25) is 5.02 Å². The maximum atomic E-state index is 12.7. The molecule has 1 N–H and O–H groups in total. The average Bonchev–Trinajstić information content (AvgIpc) is 2.69. The average molecular weight is 366 g/mol. The van der Waals surface area contributed by atoms with Gasteiger partial charge in [-0.25, -0.2) is 0 Å². The zero-order valence-corrected chi connectivity index (χ0v) is 14.8. The number of halogens is 1. The first kappa shape index (κ1) is 17.6. The van der Waals surface area contributed by atoms with E-state index in [1.54, 1.807) is 31.3 Å². The first-order valence-corrected chi connectivity index (χ1v) is 8.28. The van der Waals surface area contributed by atoms with Crippen molar-refractivity contribution in [3.63, 3.8) is 0 Å². The van der Waals surface area contributed by atoms with E-state index in [1.165, 1.54) is 23.4 Å². The third-order valence-corrected chi connectivity index (χ3v) is 4.15. The quantitative estimate of drug-likeness (QED) is 0.751. The van der Waals surface area contributed by atoms with Crippen LogP contribution in [0.15, 0.2) is 73.1 Å². The lowest BCUT2D eigenvalue weighted by Gasteiger charge is -2.17. The third kappa shape index (κ3) is 3.90. The number of benzene rings is 2. The molecule has 6 heteroatoms. The summed E-state index contributed by atoms with van der Waals surface area (Å²) in [6.45, 7) is 0. The number of pyridine rings is 1. The SMILES string of the molecule is CN(C(=O)c1cncc(C(=O)Nc2ccccc2Cl)c1)c1ccccc1. The molecule has 2 aromatic carbocycles. The number of carbonyl (C=O) groups is 2. The van der Waals surface area contributed by atoms with Crippen molar-refractivity contribution in [2.45, 2.75) is 0 Å². The molecular weight excluding hydrogens is 350 g/mol. The van der Waals surface area contributed by atoms with Gasteiger partial charge in [0, 0.05) is 25.1 Å². The molecule has 1 aromatic heterocycles. The Morgan fingerprint density at radius 1 is 0.962 bits per heavy atom. The number of nitrogens with one attached hydrogen (secondary N) is 1. The van der Waals surface area contributed by atoms with Crippen molar-refractivity contribution in [1.82, 2.24) is 4.98 Å². The Morgan fingerprint density at radius 2 is 1.62 bits per heavy atom. The number of amides is 2. The Bertz CT molecular complexity index is 945. The second-order valence-electron chi connectivity index (χ2n) is 5.60. The second-order valence-corrected chi connectivity index (χ2v) is 6.00. The van der Waals surface area contributed by atoms with E-state index in [0.717, 1.165) is 5.69 Å². The van der Waals surface area contributed by atoms with Gasteiger partial charge in [0.25, 0.3) is 11.8 Å². The minimum Gasteiger partial charge on any atom is -0.321 e. The van der Waals surface area contributed by atoms with Crippen LogP contribution in [0.4, 0.5) is 11.4 Å². The van der Waals surface area contributed by atoms with Crippen LogP contribution >= 0.6 is 11.6 Å². The maximum absolute atomic E-state index is 12.7. The van der Waals surface area contributed by atoms with Crippen molar-refractivity contribution in [1.29, 1.82) is 0 Å². The zero-order chi connectivity index (χ0) is 18.5. The number of carbonyl (C=O) groups excluding carboxylic acids is 2. The first-order valence-electron chi connectivity index (χ1n) is 7.90. The molecule has 5 nitrogen and oxygen atoms in total. The molecular formula is C20H16ClN3O2. The molecule has 0 fully saturated rings. The molecule has 3 aromatic rings. The van der Waals surface area contributed by atoms with Crippen LogP contribution < -0.4 is 10.2 Å². The zero-order valence-electron chi connectivity index (χ0n) is 14.0.